The van der Waals surface area contributed by atoms with Crippen LogP contribution in [0.5, 0.6) is 5.88 Å². The number of aromatic nitrogens is 4. The van der Waals surface area contributed by atoms with Crippen molar-refractivity contribution in [2.75, 3.05) is 11.3 Å². The number of aromatic carboxylic acids is 1. The van der Waals surface area contributed by atoms with Gasteiger partial charge in [0.15, 0.2) is 0 Å². The van der Waals surface area contributed by atoms with Crippen molar-refractivity contribution in [3.8, 4) is 17.1 Å². The molecule has 0 radical (unpaired) electrons. The number of nitrogens with zero attached hydrogens (tertiary/aromatic N) is 4. The molecule has 0 saturated heterocycles. The monoisotopic (exact) mass is 726 g/mol. The molecule has 5 aromatic rings. The zero-order valence-electron chi connectivity index (χ0n) is 29.9. The molecule has 8 rings (SSSR count). The van der Waals surface area contributed by atoms with Crippen molar-refractivity contribution in [1.82, 2.24) is 24.8 Å². The third-order valence-electron chi connectivity index (χ3n) is 10.5. The molecule has 0 spiro atoms. The number of hydrogen-bond donors (Lipinski definition) is 3. The van der Waals surface area contributed by atoms with Gasteiger partial charge in [0.1, 0.15) is 18.1 Å². The molecule has 3 heterocycles. The van der Waals surface area contributed by atoms with Gasteiger partial charge in [0.2, 0.25) is 11.8 Å². The lowest BCUT2D eigenvalue weighted by Gasteiger charge is -2.63. The zero-order valence-corrected chi connectivity index (χ0v) is 30.7. The van der Waals surface area contributed by atoms with Gasteiger partial charge < -0.3 is 19.7 Å². The van der Waals surface area contributed by atoms with Gasteiger partial charge in [-0.15, -0.1) is 0 Å². The van der Waals surface area contributed by atoms with Crippen molar-refractivity contribution in [3.05, 3.63) is 94.6 Å². The molecular weight excluding hydrogens is 684 g/mol. The van der Waals surface area contributed by atoms with Gasteiger partial charge in [-0.3, -0.25) is 0 Å². The number of rotatable bonds is 14. The van der Waals surface area contributed by atoms with E-state index in [2.05, 4.69) is 33.9 Å². The molecule has 2 aromatic carbocycles. The number of carbonyl (C=O) groups is 1. The lowest BCUT2D eigenvalue weighted by Crippen LogP contribution is -2.55. The van der Waals surface area contributed by atoms with Gasteiger partial charge >= 0.3 is 5.97 Å². The van der Waals surface area contributed by atoms with Crippen LogP contribution in [0.1, 0.15) is 78.3 Å². The first-order valence-corrected chi connectivity index (χ1v) is 19.0. The average Bonchev–Trinajstić information content (AvgIpc) is 3.37. The maximum Gasteiger partial charge on any atom is 0.335 e. The van der Waals surface area contributed by atoms with Crippen LogP contribution in [-0.4, -0.2) is 51.7 Å². The summed E-state index contributed by atoms with van der Waals surface area (Å²) in [5, 5.41) is 13.7. The first-order valence-electron chi connectivity index (χ1n) is 17.5. The Morgan fingerprint density at radius 1 is 1.04 bits per heavy atom. The van der Waals surface area contributed by atoms with Gasteiger partial charge in [0.05, 0.1) is 21.8 Å². The number of ether oxygens (including phenoxy) is 1. The van der Waals surface area contributed by atoms with Crippen molar-refractivity contribution in [2.24, 2.45) is 18.4 Å². The van der Waals surface area contributed by atoms with E-state index in [1.165, 1.54) is 37.5 Å². The van der Waals surface area contributed by atoms with Crippen LogP contribution in [0.3, 0.4) is 0 Å². The average molecular weight is 727 g/mol. The molecule has 52 heavy (non-hydrogen) atoms. The fourth-order valence-corrected chi connectivity index (χ4v) is 8.86. The summed E-state index contributed by atoms with van der Waals surface area (Å²) in [5.41, 5.74) is 5.36. The normalized spacial score (nSPS) is 18.6. The van der Waals surface area contributed by atoms with E-state index in [1.807, 2.05) is 49.7 Å². The number of fused-ring (bicyclic) bond motifs is 1. The maximum absolute atomic E-state index is 15.4. The summed E-state index contributed by atoms with van der Waals surface area (Å²) in [6.45, 7) is 8.48. The highest BCUT2D eigenvalue weighted by molar-refractivity contribution is 7.92. The largest absolute Gasteiger partial charge is 0.478 e. The molecule has 3 aliphatic carbocycles. The minimum Gasteiger partial charge on any atom is -0.478 e. The van der Waals surface area contributed by atoms with Crippen LogP contribution in [0.15, 0.2) is 65.6 Å². The molecule has 3 aliphatic rings. The standard InChI is InChI=1S/C39H43FN6O5S/c1-22(2)33-14-27-13-30(40)32(42-36(27)46(33)5)20-41-28(19-39-16-25(17-39)18-39)21-51-34-15-31(35-23(3)8-6-9-24(35)4)43-38(44-34)45-52(49,50)29-11-7-10-26(12-29)37(47)48/h6-15,22,25,28,41H,16-21H2,1-5H3,(H,47,48)(H,43,44,45). The topological polar surface area (TPSA) is 148 Å². The quantitative estimate of drug-likeness (QED) is 0.109. The molecular formula is C39H43FN6O5S. The summed E-state index contributed by atoms with van der Waals surface area (Å²) >= 11 is 0. The van der Waals surface area contributed by atoms with E-state index in [4.69, 9.17) is 9.72 Å². The van der Waals surface area contributed by atoms with Crippen LogP contribution in [0, 0.1) is 31.0 Å². The van der Waals surface area contributed by atoms with Crippen LogP contribution in [0.25, 0.3) is 22.3 Å². The minimum atomic E-state index is -4.27. The lowest BCUT2D eigenvalue weighted by atomic mass is 9.43. The number of halogens is 1. The second kappa shape index (κ2) is 13.6. The van der Waals surface area contributed by atoms with Gasteiger partial charge in [-0.2, -0.15) is 4.98 Å². The number of nitrogens with one attached hydrogen (secondary N) is 2. The van der Waals surface area contributed by atoms with Crippen LogP contribution in [0.2, 0.25) is 0 Å². The number of aryl methyl sites for hydroxylation is 3. The SMILES string of the molecule is Cc1cccc(C)c1-c1cc(OCC(CC23CC(C2)C3)NCc2nc3c(cc2F)cc(C(C)C)n3C)nc(NS(=O)(=O)c2cccc(C(=O)O)c2)n1. The molecule has 1 atom stereocenters. The number of carboxylic acids is 1. The summed E-state index contributed by atoms with van der Waals surface area (Å²) in [5.74, 6) is -0.626. The highest BCUT2D eigenvalue weighted by Gasteiger charge is 2.56. The molecule has 1 unspecified atom stereocenters. The van der Waals surface area contributed by atoms with E-state index in [1.54, 1.807) is 12.1 Å². The molecule has 11 nitrogen and oxygen atoms in total. The van der Waals surface area contributed by atoms with Crippen LogP contribution in [-0.2, 0) is 23.6 Å². The van der Waals surface area contributed by atoms with Crippen molar-refractivity contribution >= 4 is 33.0 Å². The van der Waals surface area contributed by atoms with E-state index in [-0.39, 0.29) is 58.6 Å². The van der Waals surface area contributed by atoms with Crippen molar-refractivity contribution < 1.29 is 27.4 Å². The fraction of sp³-hybridized carbons (Fsp3) is 0.385. The lowest BCUT2D eigenvalue weighted by molar-refractivity contribution is -0.119. The molecule has 3 saturated carbocycles. The van der Waals surface area contributed by atoms with Gasteiger partial charge in [-0.25, -0.2) is 32.3 Å². The third-order valence-corrected chi connectivity index (χ3v) is 11.9. The highest BCUT2D eigenvalue weighted by Crippen LogP contribution is 2.66. The minimum absolute atomic E-state index is 0.157. The van der Waals surface area contributed by atoms with Crippen molar-refractivity contribution in [3.63, 3.8) is 0 Å². The van der Waals surface area contributed by atoms with Gasteiger partial charge in [0, 0.05) is 42.3 Å². The Balaban J connectivity index is 1.17. The van der Waals surface area contributed by atoms with Gasteiger partial charge in [-0.1, -0.05) is 38.1 Å². The van der Waals surface area contributed by atoms with Crippen LogP contribution >= 0.6 is 0 Å². The zero-order chi connectivity index (χ0) is 36.9. The van der Waals surface area contributed by atoms with Crippen LogP contribution < -0.4 is 14.8 Å². The Morgan fingerprint density at radius 2 is 1.75 bits per heavy atom. The van der Waals surface area contributed by atoms with Gasteiger partial charge in [-0.05, 0) is 98.2 Å². The smallest absolute Gasteiger partial charge is 0.335 e. The number of pyridine rings is 1. The molecule has 3 aromatic heterocycles. The molecule has 0 amide bonds. The van der Waals surface area contributed by atoms with E-state index in [9.17, 15) is 18.3 Å². The molecule has 2 bridgehead atoms. The summed E-state index contributed by atoms with van der Waals surface area (Å²) in [4.78, 5) is 25.0. The fourth-order valence-electron chi connectivity index (χ4n) is 7.88. The summed E-state index contributed by atoms with van der Waals surface area (Å²) in [6, 6.07) is 15.9. The molecule has 3 N–H and O–H groups in total. The predicted octanol–water partition coefficient (Wildman–Crippen LogP) is 7.14. The summed E-state index contributed by atoms with van der Waals surface area (Å²) in [7, 11) is -2.31. The van der Waals surface area contributed by atoms with E-state index < -0.39 is 16.0 Å². The molecule has 0 aliphatic heterocycles. The highest BCUT2D eigenvalue weighted by atomic mass is 32.2. The Hall–Kier alpha value is -4.88. The molecule has 272 valence electrons. The predicted molar refractivity (Wildman–Crippen MR) is 196 cm³/mol. The molecule has 3 fully saturated rings. The number of hydrogen-bond acceptors (Lipinski definition) is 8. The second-order valence-electron chi connectivity index (χ2n) is 14.8. The van der Waals surface area contributed by atoms with Crippen molar-refractivity contribution in [1.29, 1.82) is 0 Å². The Labute approximate surface area is 302 Å². The third kappa shape index (κ3) is 6.99. The van der Waals surface area contributed by atoms with Crippen LogP contribution in [0.4, 0.5) is 10.3 Å². The van der Waals surface area contributed by atoms with Crippen molar-refractivity contribution in [2.45, 2.75) is 76.8 Å². The second-order valence-corrected chi connectivity index (χ2v) is 16.5. The molecule has 13 heteroatoms. The Kier molecular flexibility index (Phi) is 9.28. The first-order chi connectivity index (χ1) is 24.7. The summed E-state index contributed by atoms with van der Waals surface area (Å²) in [6.07, 6.45) is 4.35. The van der Waals surface area contributed by atoms with E-state index in [0.29, 0.717) is 11.4 Å². The number of sulfonamides is 1. The Morgan fingerprint density at radius 3 is 2.40 bits per heavy atom. The van der Waals surface area contributed by atoms with Gasteiger partial charge in [0.25, 0.3) is 10.0 Å². The first kappa shape index (κ1) is 35.5. The number of benzene rings is 2. The van der Waals surface area contributed by atoms with E-state index in [0.717, 1.165) is 51.8 Å². The number of anilines is 1. The van der Waals surface area contributed by atoms with E-state index >= 15 is 4.39 Å². The Bertz CT molecular complexity index is 2270. The summed E-state index contributed by atoms with van der Waals surface area (Å²) < 4.78 is 53.1. The number of carboxylic acid groups (broad SMARTS) is 1. The maximum atomic E-state index is 15.4.